The molecule has 36 heavy (non-hydrogen) atoms. The van der Waals surface area contributed by atoms with Crippen molar-refractivity contribution in [2.75, 3.05) is 0 Å². The lowest BCUT2D eigenvalue weighted by Crippen LogP contribution is -2.48. The van der Waals surface area contributed by atoms with Gasteiger partial charge in [-0.2, -0.15) is 0 Å². The van der Waals surface area contributed by atoms with E-state index in [2.05, 4.69) is 41.5 Å². The highest BCUT2D eigenvalue weighted by Gasteiger charge is 2.49. The van der Waals surface area contributed by atoms with Crippen LogP contribution in [-0.2, 0) is 9.59 Å². The largest absolute Gasteiger partial charge is 0.389 e. The molecule has 0 aromatic carbocycles. The van der Waals surface area contributed by atoms with E-state index in [9.17, 15) is 30.0 Å². The summed E-state index contributed by atoms with van der Waals surface area (Å²) in [5, 5.41) is 40.8. The van der Waals surface area contributed by atoms with Crippen LogP contribution in [0.2, 0.25) is 0 Å². The summed E-state index contributed by atoms with van der Waals surface area (Å²) in [5.41, 5.74) is 4.17. The van der Waals surface area contributed by atoms with Crippen LogP contribution in [0.5, 0.6) is 0 Å². The Bertz CT molecular complexity index is 865. The van der Waals surface area contributed by atoms with E-state index in [1.807, 2.05) is 13.8 Å². The summed E-state index contributed by atoms with van der Waals surface area (Å²) in [5.74, 6) is 0.141. The molecular weight excluding hydrogens is 456 g/mol. The van der Waals surface area contributed by atoms with Gasteiger partial charge in [0.1, 0.15) is 12.2 Å². The summed E-state index contributed by atoms with van der Waals surface area (Å²) in [6.45, 7) is 16.6. The lowest BCUT2D eigenvalue weighted by atomic mass is 9.58. The molecule has 4 aliphatic rings. The third-order valence-corrected chi connectivity index (χ3v) is 10.1. The Labute approximate surface area is 216 Å². The molecule has 0 heterocycles. The van der Waals surface area contributed by atoms with Gasteiger partial charge in [0.2, 0.25) is 0 Å². The van der Waals surface area contributed by atoms with Crippen LogP contribution >= 0.6 is 0 Å². The minimum absolute atomic E-state index is 0.0641. The second-order valence-electron chi connectivity index (χ2n) is 13.1. The van der Waals surface area contributed by atoms with E-state index < -0.39 is 24.4 Å². The predicted octanol–water partition coefficient (Wildman–Crippen LogP) is 4.14. The normalized spacial score (nSPS) is 40.4. The van der Waals surface area contributed by atoms with Crippen LogP contribution in [0, 0.1) is 34.5 Å². The van der Waals surface area contributed by atoms with Crippen LogP contribution in [0.1, 0.15) is 93.9 Å². The number of carbonyl (C=O) groups is 2. The van der Waals surface area contributed by atoms with Gasteiger partial charge in [0.15, 0.2) is 11.6 Å². The quantitative estimate of drug-likeness (QED) is 0.369. The molecule has 4 N–H and O–H groups in total. The molecule has 4 rings (SSSR count). The molecule has 0 radical (unpaired) electrons. The molecule has 204 valence electrons. The fourth-order valence-corrected chi connectivity index (χ4v) is 8.04. The molecule has 2 saturated carbocycles. The number of allylic oxidation sites excluding steroid dienone is 2. The second-order valence-corrected chi connectivity index (χ2v) is 13.1. The van der Waals surface area contributed by atoms with Gasteiger partial charge >= 0.3 is 0 Å². The SMILES string of the molecule is CC1=C2C(C)CCC(=O)C(O)C(C[C@@H]1O)C2(C)C.CC1=C2[C@H](C)CCC(=O)[C@@H](O)C(C[C@@H]1O)C2(C)C. The number of aliphatic hydroxyl groups is 4. The number of carbonyl (C=O) groups excluding carboxylic acids is 2. The molecular formula is C30H48O6. The van der Waals surface area contributed by atoms with Gasteiger partial charge in [-0.05, 0) is 73.3 Å². The van der Waals surface area contributed by atoms with Crippen molar-refractivity contribution in [1.82, 2.24) is 0 Å². The van der Waals surface area contributed by atoms with Crippen LogP contribution < -0.4 is 0 Å². The van der Waals surface area contributed by atoms with Crippen molar-refractivity contribution in [3.8, 4) is 0 Å². The molecule has 4 aliphatic carbocycles. The molecule has 2 fully saturated rings. The molecule has 0 aliphatic heterocycles. The molecule has 0 spiro atoms. The first-order valence-corrected chi connectivity index (χ1v) is 13.7. The topological polar surface area (TPSA) is 115 Å². The van der Waals surface area contributed by atoms with Crippen molar-refractivity contribution in [1.29, 1.82) is 0 Å². The minimum Gasteiger partial charge on any atom is -0.389 e. The lowest BCUT2D eigenvalue weighted by molar-refractivity contribution is -0.135. The molecule has 6 heteroatoms. The summed E-state index contributed by atoms with van der Waals surface area (Å²) in [4.78, 5) is 23.9. The fraction of sp³-hybridized carbons (Fsp3) is 0.800. The number of hydrogen-bond acceptors (Lipinski definition) is 6. The average Bonchev–Trinajstić information content (AvgIpc) is 2.79. The van der Waals surface area contributed by atoms with Gasteiger partial charge in [-0.3, -0.25) is 9.59 Å². The number of hydrogen-bond donors (Lipinski definition) is 4. The van der Waals surface area contributed by atoms with Crippen molar-refractivity contribution in [2.45, 2.75) is 118 Å². The van der Waals surface area contributed by atoms with E-state index in [0.717, 1.165) is 24.0 Å². The van der Waals surface area contributed by atoms with Crippen LogP contribution in [-0.4, -0.2) is 56.4 Å². The van der Waals surface area contributed by atoms with Crippen LogP contribution in [0.3, 0.4) is 0 Å². The average molecular weight is 505 g/mol. The molecule has 0 aromatic heterocycles. The van der Waals surface area contributed by atoms with Gasteiger partial charge in [0, 0.05) is 24.7 Å². The molecule has 8 atom stereocenters. The van der Waals surface area contributed by atoms with Crippen molar-refractivity contribution < 1.29 is 30.0 Å². The molecule has 4 bridgehead atoms. The summed E-state index contributed by atoms with van der Waals surface area (Å²) in [6.07, 6.45) is 0.530. The van der Waals surface area contributed by atoms with Crippen LogP contribution in [0.4, 0.5) is 0 Å². The van der Waals surface area contributed by atoms with Gasteiger partial charge in [-0.1, -0.05) is 52.7 Å². The monoisotopic (exact) mass is 504 g/mol. The van der Waals surface area contributed by atoms with E-state index >= 15 is 0 Å². The first-order valence-electron chi connectivity index (χ1n) is 13.7. The van der Waals surface area contributed by atoms with Crippen molar-refractivity contribution in [3.05, 3.63) is 22.3 Å². The number of fused-ring (bicyclic) bond motifs is 4. The number of ketones is 2. The predicted molar refractivity (Wildman–Crippen MR) is 140 cm³/mol. The molecule has 0 aromatic rings. The maximum atomic E-state index is 11.9. The third kappa shape index (κ3) is 5.03. The standard InChI is InChI=1S/2C15H24O3/c2*1-8-5-6-11(16)14(18)10-7-12(17)9(2)13(8)15(10,3)4/h2*8,10,12,14,17-18H,5-7H2,1-4H3/t8?,10?,12-,14?;8-,10?,12+,14+/m01/s1. The third-order valence-electron chi connectivity index (χ3n) is 10.1. The van der Waals surface area contributed by atoms with Crippen molar-refractivity contribution in [2.24, 2.45) is 34.5 Å². The zero-order valence-corrected chi connectivity index (χ0v) is 23.5. The van der Waals surface area contributed by atoms with E-state index in [1.165, 1.54) is 11.1 Å². The molecule has 0 amide bonds. The smallest absolute Gasteiger partial charge is 0.161 e. The van der Waals surface area contributed by atoms with Gasteiger partial charge in [-0.15, -0.1) is 0 Å². The molecule has 6 nitrogen and oxygen atoms in total. The minimum atomic E-state index is -0.926. The zero-order chi connectivity index (χ0) is 27.3. The lowest BCUT2D eigenvalue weighted by Gasteiger charge is -2.48. The van der Waals surface area contributed by atoms with Crippen molar-refractivity contribution >= 4 is 11.6 Å². The highest BCUT2D eigenvalue weighted by molar-refractivity contribution is 5.84. The summed E-state index contributed by atoms with van der Waals surface area (Å²) < 4.78 is 0. The number of aliphatic hydroxyl groups excluding tert-OH is 4. The Balaban J connectivity index is 0.000000201. The fourth-order valence-electron chi connectivity index (χ4n) is 8.04. The van der Waals surface area contributed by atoms with E-state index in [1.54, 1.807) is 0 Å². The zero-order valence-electron chi connectivity index (χ0n) is 23.5. The number of rotatable bonds is 0. The molecule has 0 saturated heterocycles. The van der Waals surface area contributed by atoms with E-state index in [0.29, 0.717) is 37.5 Å². The van der Waals surface area contributed by atoms with Gasteiger partial charge in [0.25, 0.3) is 0 Å². The van der Waals surface area contributed by atoms with Crippen LogP contribution in [0.15, 0.2) is 22.3 Å². The highest BCUT2D eigenvalue weighted by atomic mass is 16.3. The van der Waals surface area contributed by atoms with Crippen molar-refractivity contribution in [3.63, 3.8) is 0 Å². The van der Waals surface area contributed by atoms with Gasteiger partial charge in [-0.25, -0.2) is 0 Å². The maximum absolute atomic E-state index is 11.9. The Morgan fingerprint density at radius 2 is 0.944 bits per heavy atom. The Morgan fingerprint density at radius 1 is 0.639 bits per heavy atom. The van der Waals surface area contributed by atoms with Crippen LogP contribution in [0.25, 0.3) is 0 Å². The Kier molecular flexibility index (Phi) is 8.47. The van der Waals surface area contributed by atoms with E-state index in [-0.39, 0.29) is 34.2 Å². The first-order chi connectivity index (χ1) is 16.5. The maximum Gasteiger partial charge on any atom is 0.161 e. The summed E-state index contributed by atoms with van der Waals surface area (Å²) in [6, 6.07) is 0. The van der Waals surface area contributed by atoms with Gasteiger partial charge < -0.3 is 20.4 Å². The summed E-state index contributed by atoms with van der Waals surface area (Å²) in [7, 11) is 0. The summed E-state index contributed by atoms with van der Waals surface area (Å²) >= 11 is 0. The van der Waals surface area contributed by atoms with E-state index in [4.69, 9.17) is 0 Å². The Morgan fingerprint density at radius 3 is 1.25 bits per heavy atom. The van der Waals surface area contributed by atoms with Gasteiger partial charge in [0.05, 0.1) is 12.2 Å². The second kappa shape index (κ2) is 10.4. The molecule has 4 unspecified atom stereocenters. The Hall–Kier alpha value is -1.34. The first kappa shape index (κ1) is 29.2. The number of Topliss-reactive ketones (excluding diaryl/α,β-unsaturated/α-hetero) is 2. The highest BCUT2D eigenvalue weighted by Crippen LogP contribution is 2.52.